The molecule has 88 valence electrons. The van der Waals surface area contributed by atoms with Gasteiger partial charge in [-0.05, 0) is 24.3 Å². The zero-order chi connectivity index (χ0) is 12.8. The summed E-state index contributed by atoms with van der Waals surface area (Å²) >= 11 is 0. The van der Waals surface area contributed by atoms with Gasteiger partial charge in [-0.25, -0.2) is 9.78 Å². The number of ether oxygens (including phenoxy) is 1. The standard InChI is InChI=1S/C14H10N2O2/c1-18-14(17)13-9-11(6-8-16-13)4-5-12-3-2-7-15-10-12/h2-3,6-10H,1H3. The highest BCUT2D eigenvalue weighted by molar-refractivity contribution is 5.87. The molecule has 0 saturated heterocycles. The smallest absolute Gasteiger partial charge is 0.356 e. The van der Waals surface area contributed by atoms with Crippen LogP contribution < -0.4 is 0 Å². The van der Waals surface area contributed by atoms with Gasteiger partial charge in [-0.2, -0.15) is 0 Å². The molecule has 0 aliphatic carbocycles. The van der Waals surface area contributed by atoms with Gasteiger partial charge < -0.3 is 4.74 Å². The van der Waals surface area contributed by atoms with E-state index in [-0.39, 0.29) is 5.69 Å². The van der Waals surface area contributed by atoms with Gasteiger partial charge in [0.05, 0.1) is 7.11 Å². The fourth-order valence-electron chi connectivity index (χ4n) is 1.31. The lowest BCUT2D eigenvalue weighted by molar-refractivity contribution is 0.0594. The summed E-state index contributed by atoms with van der Waals surface area (Å²) in [6.45, 7) is 0. The third kappa shape index (κ3) is 2.92. The molecule has 4 nitrogen and oxygen atoms in total. The zero-order valence-electron chi connectivity index (χ0n) is 9.75. The van der Waals surface area contributed by atoms with E-state index in [0.717, 1.165) is 5.56 Å². The maximum atomic E-state index is 11.3. The molecule has 0 aliphatic rings. The molecule has 0 spiro atoms. The number of carbonyl (C=O) groups is 1. The molecule has 0 fully saturated rings. The Morgan fingerprint density at radius 1 is 1.22 bits per heavy atom. The molecule has 0 atom stereocenters. The van der Waals surface area contributed by atoms with Crippen molar-refractivity contribution in [2.45, 2.75) is 0 Å². The number of hydrogen-bond acceptors (Lipinski definition) is 4. The Morgan fingerprint density at radius 2 is 2.06 bits per heavy atom. The maximum Gasteiger partial charge on any atom is 0.356 e. The third-order valence-corrected chi connectivity index (χ3v) is 2.17. The van der Waals surface area contributed by atoms with Gasteiger partial charge in [-0.15, -0.1) is 0 Å². The SMILES string of the molecule is COC(=O)c1cc(C#Cc2cccnc2)ccn1. The summed E-state index contributed by atoms with van der Waals surface area (Å²) in [5.41, 5.74) is 1.76. The van der Waals surface area contributed by atoms with Gasteiger partial charge in [0.15, 0.2) is 0 Å². The van der Waals surface area contributed by atoms with Crippen molar-refractivity contribution in [1.82, 2.24) is 9.97 Å². The Morgan fingerprint density at radius 3 is 2.78 bits per heavy atom. The molecule has 2 rings (SSSR count). The first-order valence-corrected chi connectivity index (χ1v) is 5.26. The second kappa shape index (κ2) is 5.60. The van der Waals surface area contributed by atoms with E-state index in [4.69, 9.17) is 0 Å². The Balaban J connectivity index is 2.25. The van der Waals surface area contributed by atoms with Gasteiger partial charge >= 0.3 is 5.97 Å². The largest absolute Gasteiger partial charge is 0.464 e. The molecule has 4 heteroatoms. The minimum atomic E-state index is -0.472. The highest BCUT2D eigenvalue weighted by atomic mass is 16.5. The van der Waals surface area contributed by atoms with E-state index in [1.807, 2.05) is 12.1 Å². The van der Waals surface area contributed by atoms with Crippen LogP contribution >= 0.6 is 0 Å². The van der Waals surface area contributed by atoms with Crippen LogP contribution in [0, 0.1) is 11.8 Å². The van der Waals surface area contributed by atoms with Crippen LogP contribution in [0.4, 0.5) is 0 Å². The number of aromatic nitrogens is 2. The van der Waals surface area contributed by atoms with E-state index in [0.29, 0.717) is 5.56 Å². The predicted octanol–water partition coefficient (Wildman–Crippen LogP) is 1.66. The average Bonchev–Trinajstić information content (AvgIpc) is 2.45. The van der Waals surface area contributed by atoms with E-state index in [2.05, 4.69) is 26.5 Å². The number of nitrogens with zero attached hydrogens (tertiary/aromatic N) is 2. The Kier molecular flexibility index (Phi) is 3.67. The molecule has 0 radical (unpaired) electrons. The van der Waals surface area contributed by atoms with Crippen molar-refractivity contribution in [1.29, 1.82) is 0 Å². The minimum Gasteiger partial charge on any atom is -0.464 e. The van der Waals surface area contributed by atoms with E-state index < -0.39 is 5.97 Å². The lowest BCUT2D eigenvalue weighted by atomic mass is 10.2. The number of pyridine rings is 2. The molecule has 2 aromatic rings. The van der Waals surface area contributed by atoms with Crippen molar-refractivity contribution in [3.63, 3.8) is 0 Å². The highest BCUT2D eigenvalue weighted by Gasteiger charge is 2.06. The van der Waals surface area contributed by atoms with Crippen molar-refractivity contribution in [2.75, 3.05) is 7.11 Å². The van der Waals surface area contributed by atoms with Crippen molar-refractivity contribution >= 4 is 5.97 Å². The fourth-order valence-corrected chi connectivity index (χ4v) is 1.31. The molecular weight excluding hydrogens is 228 g/mol. The molecule has 0 aliphatic heterocycles. The summed E-state index contributed by atoms with van der Waals surface area (Å²) in [6.07, 6.45) is 4.89. The zero-order valence-corrected chi connectivity index (χ0v) is 9.75. The second-order valence-corrected chi connectivity index (χ2v) is 3.41. The number of esters is 1. The monoisotopic (exact) mass is 238 g/mol. The van der Waals surface area contributed by atoms with Crippen molar-refractivity contribution in [2.24, 2.45) is 0 Å². The summed E-state index contributed by atoms with van der Waals surface area (Å²) in [6, 6.07) is 7.00. The van der Waals surface area contributed by atoms with Crippen LogP contribution in [-0.2, 0) is 4.74 Å². The number of methoxy groups -OCH3 is 1. The lowest BCUT2D eigenvalue weighted by Crippen LogP contribution is -2.03. The van der Waals surface area contributed by atoms with Crippen LogP contribution in [0.2, 0.25) is 0 Å². The minimum absolute atomic E-state index is 0.246. The third-order valence-electron chi connectivity index (χ3n) is 2.17. The lowest BCUT2D eigenvalue weighted by Gasteiger charge is -1.97. The van der Waals surface area contributed by atoms with Crippen molar-refractivity contribution in [3.05, 3.63) is 59.7 Å². The maximum absolute atomic E-state index is 11.3. The summed E-state index contributed by atoms with van der Waals surface area (Å²) in [7, 11) is 1.32. The second-order valence-electron chi connectivity index (χ2n) is 3.41. The molecule has 2 aromatic heterocycles. The van der Waals surface area contributed by atoms with Crippen LogP contribution in [0.3, 0.4) is 0 Å². The van der Waals surface area contributed by atoms with Crippen molar-refractivity contribution < 1.29 is 9.53 Å². The quantitative estimate of drug-likeness (QED) is 0.560. The average molecular weight is 238 g/mol. The van der Waals surface area contributed by atoms with Gasteiger partial charge in [-0.3, -0.25) is 4.98 Å². The molecular formula is C14H10N2O2. The molecule has 0 aromatic carbocycles. The first-order valence-electron chi connectivity index (χ1n) is 5.26. The molecule has 2 heterocycles. The first kappa shape index (κ1) is 11.8. The topological polar surface area (TPSA) is 52.1 Å². The van der Waals surface area contributed by atoms with Crippen LogP contribution in [-0.4, -0.2) is 23.0 Å². The van der Waals surface area contributed by atoms with Gasteiger partial charge in [0.1, 0.15) is 5.69 Å². The molecule has 0 N–H and O–H groups in total. The summed E-state index contributed by atoms with van der Waals surface area (Å²) < 4.78 is 4.59. The molecule has 0 saturated carbocycles. The predicted molar refractivity (Wildman–Crippen MR) is 65.8 cm³/mol. The van der Waals surface area contributed by atoms with E-state index in [1.165, 1.54) is 13.3 Å². The molecule has 0 bridgehead atoms. The number of rotatable bonds is 1. The van der Waals surface area contributed by atoms with Gasteiger partial charge in [0.2, 0.25) is 0 Å². The van der Waals surface area contributed by atoms with Gasteiger partial charge in [0, 0.05) is 29.7 Å². The number of hydrogen-bond donors (Lipinski definition) is 0. The van der Waals surface area contributed by atoms with Crippen LogP contribution in [0.25, 0.3) is 0 Å². The van der Waals surface area contributed by atoms with E-state index in [9.17, 15) is 4.79 Å². The van der Waals surface area contributed by atoms with Crippen LogP contribution in [0.1, 0.15) is 21.6 Å². The van der Waals surface area contributed by atoms with Gasteiger partial charge in [0.25, 0.3) is 0 Å². The Bertz CT molecular complexity index is 612. The normalized spacial score (nSPS) is 9.17. The summed E-state index contributed by atoms with van der Waals surface area (Å²) in [4.78, 5) is 19.2. The van der Waals surface area contributed by atoms with Crippen LogP contribution in [0.15, 0.2) is 42.9 Å². The first-order chi connectivity index (χ1) is 8.79. The highest BCUT2D eigenvalue weighted by Crippen LogP contribution is 2.02. The number of carbonyl (C=O) groups excluding carboxylic acids is 1. The Hall–Kier alpha value is -2.67. The molecule has 18 heavy (non-hydrogen) atoms. The van der Waals surface area contributed by atoms with Crippen molar-refractivity contribution in [3.8, 4) is 11.8 Å². The summed E-state index contributed by atoms with van der Waals surface area (Å²) in [5.74, 6) is 5.42. The molecule has 0 amide bonds. The van der Waals surface area contributed by atoms with E-state index in [1.54, 1.807) is 24.5 Å². The molecule has 0 unspecified atom stereocenters. The fraction of sp³-hybridized carbons (Fsp3) is 0.0714. The van der Waals surface area contributed by atoms with Crippen LogP contribution in [0.5, 0.6) is 0 Å². The summed E-state index contributed by atoms with van der Waals surface area (Å²) in [5, 5.41) is 0. The van der Waals surface area contributed by atoms with Gasteiger partial charge in [-0.1, -0.05) is 11.8 Å². The van der Waals surface area contributed by atoms with E-state index >= 15 is 0 Å². The Labute approximate surface area is 105 Å².